The number of rotatable bonds is 11. The van der Waals surface area contributed by atoms with Crippen molar-refractivity contribution in [3.63, 3.8) is 0 Å². The minimum atomic E-state index is -1.00. The van der Waals surface area contributed by atoms with Crippen molar-refractivity contribution in [3.8, 4) is 17.6 Å². The van der Waals surface area contributed by atoms with Crippen molar-refractivity contribution >= 4 is 22.4 Å². The molecule has 3 aromatic carbocycles. The summed E-state index contributed by atoms with van der Waals surface area (Å²) in [5, 5.41) is 0.757. The number of halogens is 2. The second-order valence-electron chi connectivity index (χ2n) is 12.1. The van der Waals surface area contributed by atoms with Crippen LogP contribution in [0.3, 0.4) is 0 Å². The lowest BCUT2D eigenvalue weighted by Crippen LogP contribution is -2.36. The molecule has 6 rings (SSSR count). The summed E-state index contributed by atoms with van der Waals surface area (Å²) in [4.78, 5) is 38.1. The van der Waals surface area contributed by atoms with Crippen molar-refractivity contribution in [2.45, 2.75) is 32.7 Å². The first-order valence-electron chi connectivity index (χ1n) is 16.5. The molecule has 0 spiro atoms. The Labute approximate surface area is 288 Å². The van der Waals surface area contributed by atoms with Crippen LogP contribution in [0.5, 0.6) is 5.75 Å². The molecule has 1 aliphatic heterocycles. The van der Waals surface area contributed by atoms with E-state index in [1.165, 1.54) is 16.4 Å². The molecular weight excluding hydrogens is 642 g/mol. The number of Topliss-reactive ketones (excluding diaryl/α,β-unsaturated/α-hetero) is 1. The largest absolute Gasteiger partial charge is 0.490 e. The SMILES string of the molecule is Cc1c(C(=O)CCC#Cc2cc(OCCN)c3nc(Cc4ccc(N5CCOCC5)cc4)ncc3c2)c(=O)n(Cc2ccc(F)c(F)c2)n1C. The summed E-state index contributed by atoms with van der Waals surface area (Å²) in [5.74, 6) is 5.03. The first kappa shape index (κ1) is 34.5. The molecule has 0 saturated carbocycles. The van der Waals surface area contributed by atoms with Crippen LogP contribution >= 0.6 is 0 Å². The van der Waals surface area contributed by atoms with E-state index < -0.39 is 17.2 Å². The van der Waals surface area contributed by atoms with Gasteiger partial charge in [-0.3, -0.25) is 14.3 Å². The Hall–Kier alpha value is -5.38. The Morgan fingerprint density at radius 2 is 1.80 bits per heavy atom. The summed E-state index contributed by atoms with van der Waals surface area (Å²) in [6.45, 7) is 5.52. The molecule has 1 aliphatic rings. The van der Waals surface area contributed by atoms with Crippen LogP contribution in [0.2, 0.25) is 0 Å². The highest BCUT2D eigenvalue weighted by Gasteiger charge is 2.21. The number of nitrogens with zero attached hydrogens (tertiary/aromatic N) is 5. The quantitative estimate of drug-likeness (QED) is 0.160. The van der Waals surface area contributed by atoms with E-state index in [9.17, 15) is 18.4 Å². The molecule has 5 aromatic rings. The van der Waals surface area contributed by atoms with E-state index in [2.05, 4.69) is 46.0 Å². The highest BCUT2D eigenvalue weighted by atomic mass is 19.2. The topological polar surface area (TPSA) is 118 Å². The van der Waals surface area contributed by atoms with Crippen LogP contribution in [0.4, 0.5) is 14.5 Å². The Morgan fingerprint density at radius 3 is 2.54 bits per heavy atom. The normalized spacial score (nSPS) is 12.9. The maximum atomic E-state index is 13.7. The van der Waals surface area contributed by atoms with Crippen LogP contribution in [0.15, 0.2) is 65.6 Å². The van der Waals surface area contributed by atoms with Gasteiger partial charge < -0.3 is 20.1 Å². The summed E-state index contributed by atoms with van der Waals surface area (Å²) >= 11 is 0. The number of fused-ring (bicyclic) bond motifs is 1. The lowest BCUT2D eigenvalue weighted by Gasteiger charge is -2.28. The summed E-state index contributed by atoms with van der Waals surface area (Å²) in [6.07, 6.45) is 2.56. The molecule has 0 aliphatic carbocycles. The molecule has 2 aromatic heterocycles. The number of benzene rings is 3. The fourth-order valence-electron chi connectivity index (χ4n) is 5.95. The van der Waals surface area contributed by atoms with Gasteiger partial charge in [0.1, 0.15) is 29.3 Å². The van der Waals surface area contributed by atoms with Crippen LogP contribution in [0.25, 0.3) is 10.9 Å². The Morgan fingerprint density at radius 1 is 1.04 bits per heavy atom. The van der Waals surface area contributed by atoms with Crippen LogP contribution in [-0.2, 0) is 24.8 Å². The first-order valence-corrected chi connectivity index (χ1v) is 16.5. The van der Waals surface area contributed by atoms with Crippen molar-refractivity contribution in [1.82, 2.24) is 19.3 Å². The molecule has 12 heteroatoms. The number of ether oxygens (including phenoxy) is 2. The average Bonchev–Trinajstić information content (AvgIpc) is 3.33. The van der Waals surface area contributed by atoms with E-state index in [0.29, 0.717) is 53.5 Å². The molecule has 3 heterocycles. The van der Waals surface area contributed by atoms with E-state index in [-0.39, 0.29) is 30.7 Å². The summed E-state index contributed by atoms with van der Waals surface area (Å²) in [7, 11) is 1.65. The second kappa shape index (κ2) is 15.4. The highest BCUT2D eigenvalue weighted by Crippen LogP contribution is 2.27. The van der Waals surface area contributed by atoms with E-state index in [1.807, 2.05) is 6.07 Å². The van der Waals surface area contributed by atoms with Gasteiger partial charge in [-0.15, -0.1) is 0 Å². The number of carbonyl (C=O) groups excluding carboxylic acids is 1. The fraction of sp³-hybridized carbons (Fsp3) is 0.316. The highest BCUT2D eigenvalue weighted by molar-refractivity contribution is 5.97. The average molecular weight is 681 g/mol. The third kappa shape index (κ3) is 7.75. The zero-order chi connectivity index (χ0) is 35.2. The zero-order valence-electron chi connectivity index (χ0n) is 28.0. The maximum absolute atomic E-state index is 13.7. The van der Waals surface area contributed by atoms with Crippen molar-refractivity contribution in [1.29, 1.82) is 0 Å². The number of carbonyl (C=O) groups is 1. The van der Waals surface area contributed by atoms with E-state index in [4.69, 9.17) is 20.2 Å². The lowest BCUT2D eigenvalue weighted by atomic mass is 10.1. The monoisotopic (exact) mass is 680 g/mol. The van der Waals surface area contributed by atoms with Gasteiger partial charge in [0.15, 0.2) is 17.4 Å². The fourth-order valence-corrected chi connectivity index (χ4v) is 5.95. The van der Waals surface area contributed by atoms with Crippen LogP contribution in [0, 0.1) is 30.4 Å². The molecular formula is C38H38F2N6O4. The van der Waals surface area contributed by atoms with Gasteiger partial charge in [-0.25, -0.2) is 23.4 Å². The Bertz CT molecular complexity index is 2140. The molecule has 258 valence electrons. The van der Waals surface area contributed by atoms with E-state index in [1.54, 1.807) is 30.9 Å². The molecule has 0 atom stereocenters. The van der Waals surface area contributed by atoms with Crippen molar-refractivity contribution in [3.05, 3.63) is 117 Å². The molecule has 0 unspecified atom stereocenters. The van der Waals surface area contributed by atoms with E-state index in [0.717, 1.165) is 49.4 Å². The van der Waals surface area contributed by atoms with E-state index >= 15 is 0 Å². The van der Waals surface area contributed by atoms with Gasteiger partial charge in [0, 0.05) is 74.5 Å². The summed E-state index contributed by atoms with van der Waals surface area (Å²) in [6, 6.07) is 15.6. The maximum Gasteiger partial charge on any atom is 0.278 e. The summed E-state index contributed by atoms with van der Waals surface area (Å²) in [5.41, 5.74) is 9.77. The minimum Gasteiger partial charge on any atom is -0.490 e. The minimum absolute atomic E-state index is 0.00928. The molecule has 2 N–H and O–H groups in total. The Balaban J connectivity index is 1.14. The van der Waals surface area contributed by atoms with Gasteiger partial charge in [-0.2, -0.15) is 0 Å². The standard InChI is InChI=1S/C38H38F2N6O4/c1-25-36(38(48)46(44(25)2)24-28-9-12-31(39)32(40)20-28)33(47)6-4-3-5-27-19-29-23-42-35(43-37(29)34(21-27)50-16-13-41)22-26-7-10-30(11-8-26)45-14-17-49-18-15-45/h7-12,19-21,23H,4,6,13-18,22,24,41H2,1-2H3. The van der Waals surface area contributed by atoms with Crippen LogP contribution in [0.1, 0.15) is 51.4 Å². The number of ketones is 1. The molecule has 1 saturated heterocycles. The summed E-state index contributed by atoms with van der Waals surface area (Å²) < 4.78 is 41.4. The van der Waals surface area contributed by atoms with Gasteiger partial charge in [-0.05, 0) is 54.4 Å². The number of morpholine rings is 1. The lowest BCUT2D eigenvalue weighted by molar-refractivity contribution is 0.0982. The molecule has 50 heavy (non-hydrogen) atoms. The predicted octanol–water partition coefficient (Wildman–Crippen LogP) is 4.54. The number of hydrogen-bond donors (Lipinski definition) is 1. The van der Waals surface area contributed by atoms with Gasteiger partial charge in [0.2, 0.25) is 0 Å². The van der Waals surface area contributed by atoms with Crippen molar-refractivity contribution in [2.24, 2.45) is 12.8 Å². The van der Waals surface area contributed by atoms with Crippen LogP contribution in [-0.4, -0.2) is 64.6 Å². The zero-order valence-corrected chi connectivity index (χ0v) is 28.0. The molecule has 1 fully saturated rings. The van der Waals surface area contributed by atoms with Crippen molar-refractivity contribution < 1.29 is 23.0 Å². The molecule has 0 amide bonds. The number of anilines is 1. The Kier molecular flexibility index (Phi) is 10.7. The first-order chi connectivity index (χ1) is 24.2. The van der Waals surface area contributed by atoms with Gasteiger partial charge >= 0.3 is 0 Å². The number of nitrogens with two attached hydrogens (primary N) is 1. The smallest absolute Gasteiger partial charge is 0.278 e. The van der Waals surface area contributed by atoms with Crippen LogP contribution < -0.4 is 20.9 Å². The molecule has 0 radical (unpaired) electrons. The molecule has 0 bridgehead atoms. The number of aromatic nitrogens is 4. The third-order valence-corrected chi connectivity index (χ3v) is 8.71. The van der Waals surface area contributed by atoms with Gasteiger partial charge in [0.05, 0.1) is 19.8 Å². The third-order valence-electron chi connectivity index (χ3n) is 8.71. The van der Waals surface area contributed by atoms with Gasteiger partial charge in [-0.1, -0.05) is 30.0 Å². The predicted molar refractivity (Wildman–Crippen MR) is 187 cm³/mol. The molecule has 10 nitrogen and oxygen atoms in total. The van der Waals surface area contributed by atoms with Gasteiger partial charge in [0.25, 0.3) is 5.56 Å². The van der Waals surface area contributed by atoms with Crippen molar-refractivity contribution in [2.75, 3.05) is 44.4 Å². The number of hydrogen-bond acceptors (Lipinski definition) is 8. The second-order valence-corrected chi connectivity index (χ2v) is 12.1.